The second kappa shape index (κ2) is 7.82. The molecule has 1 aromatic carbocycles. The summed E-state index contributed by atoms with van der Waals surface area (Å²) in [5, 5.41) is 3.63. The molecule has 4 nitrogen and oxygen atoms in total. The molecule has 0 amide bonds. The molecule has 0 unspecified atom stereocenters. The smallest absolute Gasteiger partial charge is 0.305 e. The highest BCUT2D eigenvalue weighted by molar-refractivity contribution is 5.83. The molecule has 1 N–H and O–H groups in total. The van der Waals surface area contributed by atoms with Crippen LogP contribution in [0.2, 0.25) is 0 Å². The summed E-state index contributed by atoms with van der Waals surface area (Å²) in [7, 11) is 1.41. The SMILES string of the molecule is COC(=O)CCCCC(=O)[C@H]1[C@H]2CC[C@H](C2)[C@@H]1Nc1ccccc1. The molecule has 130 valence electrons. The van der Waals surface area contributed by atoms with E-state index in [1.165, 1.54) is 26.4 Å². The molecule has 2 aliphatic carbocycles. The van der Waals surface area contributed by atoms with Crippen molar-refractivity contribution >= 4 is 17.4 Å². The van der Waals surface area contributed by atoms with E-state index in [4.69, 9.17) is 0 Å². The third-order valence-corrected chi connectivity index (χ3v) is 5.68. The van der Waals surface area contributed by atoms with Crippen LogP contribution >= 0.6 is 0 Å². The molecular formula is C20H27NO3. The number of methoxy groups -OCH3 is 1. The zero-order chi connectivity index (χ0) is 16.9. The highest BCUT2D eigenvalue weighted by Gasteiger charge is 2.50. The minimum absolute atomic E-state index is 0.141. The summed E-state index contributed by atoms with van der Waals surface area (Å²) in [4.78, 5) is 23.9. The summed E-state index contributed by atoms with van der Waals surface area (Å²) in [6.45, 7) is 0. The molecule has 1 aromatic rings. The Morgan fingerprint density at radius 3 is 2.54 bits per heavy atom. The molecule has 4 atom stereocenters. The number of rotatable bonds is 8. The van der Waals surface area contributed by atoms with E-state index in [9.17, 15) is 9.59 Å². The van der Waals surface area contributed by atoms with Crippen LogP contribution in [0.25, 0.3) is 0 Å². The fraction of sp³-hybridized carbons (Fsp3) is 0.600. The predicted octanol–water partition coefficient (Wildman–Crippen LogP) is 3.82. The molecule has 2 saturated carbocycles. The molecule has 2 fully saturated rings. The highest BCUT2D eigenvalue weighted by atomic mass is 16.5. The fourth-order valence-electron chi connectivity index (χ4n) is 4.53. The minimum atomic E-state index is -0.189. The number of hydrogen-bond donors (Lipinski definition) is 1. The van der Waals surface area contributed by atoms with E-state index < -0.39 is 0 Å². The van der Waals surface area contributed by atoms with Crippen LogP contribution in [0.1, 0.15) is 44.9 Å². The molecule has 0 aliphatic heterocycles. The van der Waals surface area contributed by atoms with Crippen LogP contribution in [0.5, 0.6) is 0 Å². The molecule has 24 heavy (non-hydrogen) atoms. The number of para-hydroxylation sites is 1. The topological polar surface area (TPSA) is 55.4 Å². The maximum Gasteiger partial charge on any atom is 0.305 e. The monoisotopic (exact) mass is 329 g/mol. The van der Waals surface area contributed by atoms with Crippen molar-refractivity contribution in [2.45, 2.75) is 51.0 Å². The number of Topliss-reactive ketones (excluding diaryl/α,β-unsaturated/α-hetero) is 1. The molecule has 4 heteroatoms. The second-order valence-corrected chi connectivity index (χ2v) is 7.14. The fourth-order valence-corrected chi connectivity index (χ4v) is 4.53. The minimum Gasteiger partial charge on any atom is -0.469 e. The van der Waals surface area contributed by atoms with Gasteiger partial charge in [-0.25, -0.2) is 0 Å². The summed E-state index contributed by atoms with van der Waals surface area (Å²) in [5.74, 6) is 1.50. The average molecular weight is 329 g/mol. The summed E-state index contributed by atoms with van der Waals surface area (Å²) in [5.41, 5.74) is 1.11. The maximum absolute atomic E-state index is 12.8. The zero-order valence-corrected chi connectivity index (χ0v) is 14.4. The van der Waals surface area contributed by atoms with Gasteiger partial charge in [-0.05, 0) is 56.1 Å². The first-order valence-electron chi connectivity index (χ1n) is 9.10. The first-order valence-corrected chi connectivity index (χ1v) is 9.10. The molecule has 0 heterocycles. The number of unbranched alkanes of at least 4 members (excludes halogenated alkanes) is 1. The lowest BCUT2D eigenvalue weighted by Gasteiger charge is -2.31. The van der Waals surface area contributed by atoms with Gasteiger partial charge in [0.25, 0.3) is 0 Å². The number of ketones is 1. The van der Waals surface area contributed by atoms with Gasteiger partial charge in [-0.1, -0.05) is 18.2 Å². The largest absolute Gasteiger partial charge is 0.469 e. The maximum atomic E-state index is 12.8. The van der Waals surface area contributed by atoms with Crippen molar-refractivity contribution in [3.05, 3.63) is 30.3 Å². The van der Waals surface area contributed by atoms with E-state index >= 15 is 0 Å². The van der Waals surface area contributed by atoms with Gasteiger partial charge in [0.2, 0.25) is 0 Å². The van der Waals surface area contributed by atoms with Gasteiger partial charge in [0, 0.05) is 30.5 Å². The standard InChI is InChI=1S/C20H27NO3/c1-24-18(23)10-6-5-9-17(22)19-14-11-12-15(13-14)20(19)21-16-7-3-2-4-8-16/h2-4,7-8,14-15,19-21H,5-6,9-13H2,1H3/t14-,15+,19+,20-/m0/s1. The van der Waals surface area contributed by atoms with Gasteiger partial charge in [0.15, 0.2) is 0 Å². The lowest BCUT2D eigenvalue weighted by Crippen LogP contribution is -2.39. The number of carbonyl (C=O) groups excluding carboxylic acids is 2. The van der Waals surface area contributed by atoms with Crippen molar-refractivity contribution in [2.75, 3.05) is 12.4 Å². The van der Waals surface area contributed by atoms with Crippen molar-refractivity contribution in [3.63, 3.8) is 0 Å². The van der Waals surface area contributed by atoms with Crippen molar-refractivity contribution in [3.8, 4) is 0 Å². The Morgan fingerprint density at radius 1 is 1.08 bits per heavy atom. The van der Waals surface area contributed by atoms with Crippen LogP contribution in [0, 0.1) is 17.8 Å². The summed E-state index contributed by atoms with van der Waals surface area (Å²) < 4.78 is 4.65. The Morgan fingerprint density at radius 2 is 1.79 bits per heavy atom. The van der Waals surface area contributed by atoms with E-state index in [-0.39, 0.29) is 17.9 Å². The normalized spacial score (nSPS) is 27.9. The van der Waals surface area contributed by atoms with Gasteiger partial charge >= 0.3 is 5.97 Å². The van der Waals surface area contributed by atoms with E-state index in [0.29, 0.717) is 30.5 Å². The Hall–Kier alpha value is -1.84. The van der Waals surface area contributed by atoms with Crippen LogP contribution in [0.3, 0.4) is 0 Å². The van der Waals surface area contributed by atoms with Crippen molar-refractivity contribution < 1.29 is 14.3 Å². The van der Waals surface area contributed by atoms with Crippen LogP contribution in [0.15, 0.2) is 30.3 Å². The Kier molecular flexibility index (Phi) is 5.54. The average Bonchev–Trinajstić information content (AvgIpc) is 3.20. The van der Waals surface area contributed by atoms with Gasteiger partial charge in [-0.3, -0.25) is 9.59 Å². The van der Waals surface area contributed by atoms with E-state index in [1.54, 1.807) is 0 Å². The summed E-state index contributed by atoms with van der Waals surface area (Å²) in [6, 6.07) is 10.5. The zero-order valence-electron chi connectivity index (χ0n) is 14.4. The molecule has 0 spiro atoms. The summed E-state index contributed by atoms with van der Waals surface area (Å²) >= 11 is 0. The lowest BCUT2D eigenvalue weighted by atomic mass is 9.80. The van der Waals surface area contributed by atoms with E-state index in [0.717, 1.165) is 18.5 Å². The van der Waals surface area contributed by atoms with E-state index in [2.05, 4.69) is 22.2 Å². The number of benzene rings is 1. The van der Waals surface area contributed by atoms with Gasteiger partial charge in [-0.2, -0.15) is 0 Å². The Labute approximate surface area is 144 Å². The first-order chi connectivity index (χ1) is 11.7. The number of nitrogens with one attached hydrogen (secondary N) is 1. The molecule has 0 saturated heterocycles. The first kappa shape index (κ1) is 17.0. The lowest BCUT2D eigenvalue weighted by molar-refractivity contribution is -0.140. The second-order valence-electron chi connectivity index (χ2n) is 7.14. The number of carbonyl (C=O) groups is 2. The molecule has 2 bridgehead atoms. The predicted molar refractivity (Wildman–Crippen MR) is 93.7 cm³/mol. The number of ether oxygens (including phenoxy) is 1. The third kappa shape index (κ3) is 3.80. The van der Waals surface area contributed by atoms with Crippen LogP contribution in [0.4, 0.5) is 5.69 Å². The Balaban J connectivity index is 1.56. The molecular weight excluding hydrogens is 302 g/mol. The van der Waals surface area contributed by atoms with Crippen molar-refractivity contribution in [2.24, 2.45) is 17.8 Å². The number of anilines is 1. The molecule has 0 radical (unpaired) electrons. The van der Waals surface area contributed by atoms with Crippen LogP contribution in [-0.2, 0) is 14.3 Å². The molecule has 0 aromatic heterocycles. The van der Waals surface area contributed by atoms with Gasteiger partial charge in [0.1, 0.15) is 5.78 Å². The van der Waals surface area contributed by atoms with Gasteiger partial charge in [-0.15, -0.1) is 0 Å². The van der Waals surface area contributed by atoms with Crippen LogP contribution in [-0.4, -0.2) is 24.9 Å². The Bertz CT molecular complexity index is 572. The third-order valence-electron chi connectivity index (χ3n) is 5.68. The highest BCUT2D eigenvalue weighted by Crippen LogP contribution is 2.50. The number of esters is 1. The van der Waals surface area contributed by atoms with E-state index in [1.807, 2.05) is 18.2 Å². The van der Waals surface area contributed by atoms with Crippen molar-refractivity contribution in [1.82, 2.24) is 0 Å². The van der Waals surface area contributed by atoms with Gasteiger partial charge in [0.05, 0.1) is 7.11 Å². The molecule has 2 aliphatic rings. The molecule has 3 rings (SSSR count). The van der Waals surface area contributed by atoms with Crippen LogP contribution < -0.4 is 5.32 Å². The quantitative estimate of drug-likeness (QED) is 0.582. The van der Waals surface area contributed by atoms with Crippen molar-refractivity contribution in [1.29, 1.82) is 0 Å². The number of fused-ring (bicyclic) bond motifs is 2. The van der Waals surface area contributed by atoms with Gasteiger partial charge < -0.3 is 10.1 Å². The number of hydrogen-bond acceptors (Lipinski definition) is 4. The summed E-state index contributed by atoms with van der Waals surface area (Å²) in [6.07, 6.45) is 6.11.